The molecule has 0 unspecified atom stereocenters. The first-order chi connectivity index (χ1) is 16.3. The lowest BCUT2D eigenvalue weighted by atomic mass is 9.99. The molecule has 1 aliphatic heterocycles. The maximum Gasteiger partial charge on any atom is 0.259 e. The predicted octanol–water partition coefficient (Wildman–Crippen LogP) is 2.08. The van der Waals surface area contributed by atoms with Crippen LogP contribution >= 0.6 is 0 Å². The molecule has 0 fully saturated rings. The van der Waals surface area contributed by atoms with E-state index in [0.29, 0.717) is 24.4 Å². The minimum atomic E-state index is -0.416. The van der Waals surface area contributed by atoms with Gasteiger partial charge < -0.3 is 29.1 Å². The highest BCUT2D eigenvalue weighted by Gasteiger charge is 2.34. The van der Waals surface area contributed by atoms with Crippen molar-refractivity contribution in [1.82, 2.24) is 14.8 Å². The molecule has 184 valence electrons. The molecule has 0 saturated heterocycles. The number of aliphatic hydroxyl groups excluding tert-OH is 1. The van der Waals surface area contributed by atoms with Crippen molar-refractivity contribution in [2.24, 2.45) is 5.92 Å². The molecule has 3 atom stereocenters. The molecule has 3 rings (SSSR count). The summed E-state index contributed by atoms with van der Waals surface area (Å²) in [5.41, 5.74) is 1.90. The normalized spacial score (nSPS) is 18.9. The number of carbonyl (C=O) groups excluding carboxylic acids is 2. The minimum absolute atomic E-state index is 0.0253. The number of hydrogen-bond donors (Lipinski definition) is 1. The molecule has 0 aliphatic carbocycles. The zero-order valence-electron chi connectivity index (χ0n) is 20.4. The first kappa shape index (κ1) is 25.5. The number of methoxy groups -OCH3 is 2. The summed E-state index contributed by atoms with van der Waals surface area (Å²) in [5.74, 6) is 0.348. The average Bonchev–Trinajstić information content (AvgIpc) is 2.85. The van der Waals surface area contributed by atoms with Crippen molar-refractivity contribution >= 4 is 11.8 Å². The summed E-state index contributed by atoms with van der Waals surface area (Å²) >= 11 is 0. The van der Waals surface area contributed by atoms with Crippen molar-refractivity contribution < 1.29 is 28.9 Å². The Labute approximate surface area is 200 Å². The topological polar surface area (TPSA) is 101 Å². The molecule has 2 heterocycles. The number of carbonyl (C=O) groups is 2. The largest absolute Gasteiger partial charge is 0.497 e. The van der Waals surface area contributed by atoms with Crippen LogP contribution in [0.2, 0.25) is 0 Å². The Bertz CT molecular complexity index is 1010. The van der Waals surface area contributed by atoms with Gasteiger partial charge in [-0.1, -0.05) is 19.1 Å². The molecule has 34 heavy (non-hydrogen) atoms. The summed E-state index contributed by atoms with van der Waals surface area (Å²) in [6.07, 6.45) is 1.24. The van der Waals surface area contributed by atoms with Crippen LogP contribution in [0.15, 0.2) is 36.5 Å². The monoisotopic (exact) mass is 471 g/mol. The Balaban J connectivity index is 2.01. The minimum Gasteiger partial charge on any atom is -0.497 e. The highest BCUT2D eigenvalue weighted by Crippen LogP contribution is 2.31. The Morgan fingerprint density at radius 2 is 2.09 bits per heavy atom. The predicted molar refractivity (Wildman–Crippen MR) is 127 cm³/mol. The summed E-state index contributed by atoms with van der Waals surface area (Å²) < 4.78 is 16.5. The van der Waals surface area contributed by atoms with E-state index in [1.54, 1.807) is 43.1 Å². The van der Waals surface area contributed by atoms with Crippen LogP contribution in [0.25, 0.3) is 11.1 Å². The summed E-state index contributed by atoms with van der Waals surface area (Å²) in [5, 5.41) is 9.81. The van der Waals surface area contributed by atoms with Gasteiger partial charge in [0.05, 0.1) is 26.3 Å². The number of rotatable bonds is 8. The summed E-state index contributed by atoms with van der Waals surface area (Å²) in [6.45, 7) is 4.23. The van der Waals surface area contributed by atoms with E-state index in [9.17, 15) is 14.7 Å². The lowest BCUT2D eigenvalue weighted by Crippen LogP contribution is -2.50. The van der Waals surface area contributed by atoms with Crippen molar-refractivity contribution in [3.05, 3.63) is 42.1 Å². The van der Waals surface area contributed by atoms with Gasteiger partial charge >= 0.3 is 0 Å². The second kappa shape index (κ2) is 11.3. The highest BCUT2D eigenvalue weighted by molar-refractivity contribution is 5.98. The molecule has 1 aromatic carbocycles. The Morgan fingerprint density at radius 1 is 1.32 bits per heavy atom. The van der Waals surface area contributed by atoms with Gasteiger partial charge in [-0.3, -0.25) is 9.59 Å². The third kappa shape index (κ3) is 5.66. The molecule has 1 aliphatic rings. The Kier molecular flexibility index (Phi) is 8.46. The maximum atomic E-state index is 13.6. The first-order valence-electron chi connectivity index (χ1n) is 11.2. The number of likely N-dealkylation sites (N-methyl/N-ethyl adjacent to an activating group) is 1. The van der Waals surface area contributed by atoms with Gasteiger partial charge in [0.1, 0.15) is 24.0 Å². The van der Waals surface area contributed by atoms with Crippen LogP contribution in [-0.2, 0) is 9.53 Å². The van der Waals surface area contributed by atoms with E-state index in [1.807, 2.05) is 31.2 Å². The third-order valence-electron chi connectivity index (χ3n) is 6.07. The van der Waals surface area contributed by atoms with Gasteiger partial charge in [-0.25, -0.2) is 4.98 Å². The number of nitrogens with zero attached hydrogens (tertiary/aromatic N) is 3. The standard InChI is InChI=1S/C25H33N3O6/c1-16-12-28(17(2)14-29)25(31)21-10-19(18-7-6-8-20(9-18)33-5)11-26-24(21)34-22(16)13-27(3)23(30)15-32-4/h6-11,16-17,22,29H,12-15H2,1-5H3/t16-,17-,22+/m0/s1. The van der Waals surface area contributed by atoms with Gasteiger partial charge in [-0.05, 0) is 30.7 Å². The third-order valence-corrected chi connectivity index (χ3v) is 6.07. The fraction of sp³-hybridized carbons (Fsp3) is 0.480. The Hall–Kier alpha value is -3.17. The van der Waals surface area contributed by atoms with Crippen molar-refractivity contribution in [3.63, 3.8) is 0 Å². The summed E-state index contributed by atoms with van der Waals surface area (Å²) in [6, 6.07) is 8.85. The number of pyridine rings is 1. The number of hydrogen-bond acceptors (Lipinski definition) is 7. The number of benzene rings is 1. The molecule has 1 N–H and O–H groups in total. The van der Waals surface area contributed by atoms with E-state index in [0.717, 1.165) is 11.1 Å². The van der Waals surface area contributed by atoms with Crippen LogP contribution in [0.4, 0.5) is 0 Å². The van der Waals surface area contributed by atoms with Crippen LogP contribution in [-0.4, -0.2) is 91.4 Å². The second-order valence-electron chi connectivity index (χ2n) is 8.64. The highest BCUT2D eigenvalue weighted by atomic mass is 16.5. The molecule has 0 saturated carbocycles. The molecular formula is C25H33N3O6. The van der Waals surface area contributed by atoms with Crippen LogP contribution in [0.5, 0.6) is 11.6 Å². The van der Waals surface area contributed by atoms with Gasteiger partial charge in [-0.2, -0.15) is 0 Å². The van der Waals surface area contributed by atoms with Crippen LogP contribution in [0.3, 0.4) is 0 Å². The molecule has 0 radical (unpaired) electrons. The molecule has 0 bridgehead atoms. The van der Waals surface area contributed by atoms with E-state index < -0.39 is 12.1 Å². The van der Waals surface area contributed by atoms with Crippen LogP contribution < -0.4 is 9.47 Å². The fourth-order valence-corrected chi connectivity index (χ4v) is 3.89. The quantitative estimate of drug-likeness (QED) is 0.629. The molecule has 2 amide bonds. The van der Waals surface area contributed by atoms with Crippen LogP contribution in [0.1, 0.15) is 24.2 Å². The molecule has 9 heteroatoms. The number of ether oxygens (including phenoxy) is 3. The zero-order valence-corrected chi connectivity index (χ0v) is 20.4. The fourth-order valence-electron chi connectivity index (χ4n) is 3.89. The van der Waals surface area contributed by atoms with E-state index in [1.165, 1.54) is 7.11 Å². The Morgan fingerprint density at radius 3 is 2.76 bits per heavy atom. The number of fused-ring (bicyclic) bond motifs is 1. The van der Waals surface area contributed by atoms with Gasteiger partial charge in [0.15, 0.2) is 0 Å². The van der Waals surface area contributed by atoms with Crippen molar-refractivity contribution in [1.29, 1.82) is 0 Å². The molecular weight excluding hydrogens is 438 g/mol. The lowest BCUT2D eigenvalue weighted by molar-refractivity contribution is -0.135. The summed E-state index contributed by atoms with van der Waals surface area (Å²) in [4.78, 5) is 33.5. The summed E-state index contributed by atoms with van der Waals surface area (Å²) in [7, 11) is 4.76. The van der Waals surface area contributed by atoms with Gasteiger partial charge in [0.25, 0.3) is 5.91 Å². The SMILES string of the molecule is COCC(=O)N(C)C[C@H]1Oc2ncc(-c3cccc(OC)c3)cc2C(=O)N([C@@H](C)CO)C[C@@H]1C. The molecule has 0 spiro atoms. The molecule has 9 nitrogen and oxygen atoms in total. The lowest BCUT2D eigenvalue weighted by Gasteiger charge is -2.37. The van der Waals surface area contributed by atoms with E-state index in [-0.39, 0.29) is 36.8 Å². The number of aromatic nitrogens is 1. The van der Waals surface area contributed by atoms with Crippen molar-refractivity contribution in [2.75, 3.05) is 47.6 Å². The van der Waals surface area contributed by atoms with E-state index in [4.69, 9.17) is 14.2 Å². The van der Waals surface area contributed by atoms with E-state index >= 15 is 0 Å². The molecule has 1 aromatic heterocycles. The number of amides is 2. The maximum absolute atomic E-state index is 13.6. The van der Waals surface area contributed by atoms with Crippen molar-refractivity contribution in [2.45, 2.75) is 26.0 Å². The van der Waals surface area contributed by atoms with Crippen LogP contribution in [0, 0.1) is 5.92 Å². The van der Waals surface area contributed by atoms with Crippen molar-refractivity contribution in [3.8, 4) is 22.8 Å². The second-order valence-corrected chi connectivity index (χ2v) is 8.64. The average molecular weight is 472 g/mol. The smallest absolute Gasteiger partial charge is 0.259 e. The first-order valence-corrected chi connectivity index (χ1v) is 11.2. The van der Waals surface area contributed by atoms with E-state index in [2.05, 4.69) is 4.98 Å². The number of aliphatic hydroxyl groups is 1. The van der Waals surface area contributed by atoms with Gasteiger partial charge in [0.2, 0.25) is 11.8 Å². The van der Waals surface area contributed by atoms with Gasteiger partial charge in [0, 0.05) is 38.4 Å². The zero-order chi connectivity index (χ0) is 24.8. The van der Waals surface area contributed by atoms with Gasteiger partial charge in [-0.15, -0.1) is 0 Å². The molecule has 2 aromatic rings.